The molecular formula is C9H7O. The van der Waals surface area contributed by atoms with Crippen molar-refractivity contribution in [1.29, 1.82) is 0 Å². The van der Waals surface area contributed by atoms with Crippen molar-refractivity contribution in [3.63, 3.8) is 0 Å². The Balaban J connectivity index is 2.36. The van der Waals surface area contributed by atoms with Crippen molar-refractivity contribution < 1.29 is 4.42 Å². The van der Waals surface area contributed by atoms with E-state index in [1.807, 2.05) is 18.2 Å². The molecule has 10 heavy (non-hydrogen) atoms. The van der Waals surface area contributed by atoms with Crippen LogP contribution in [0.2, 0.25) is 0 Å². The zero-order valence-corrected chi connectivity index (χ0v) is 5.50. The molecule has 1 nitrogen and oxygen atoms in total. The first-order valence-corrected chi connectivity index (χ1v) is 3.27. The molecule has 0 aliphatic heterocycles. The summed E-state index contributed by atoms with van der Waals surface area (Å²) in [6, 6.07) is 3.84. The van der Waals surface area contributed by atoms with Crippen molar-refractivity contribution >= 4 is 5.57 Å². The average molecular weight is 131 g/mol. The van der Waals surface area contributed by atoms with E-state index in [1.54, 1.807) is 6.26 Å². The van der Waals surface area contributed by atoms with Gasteiger partial charge in [0.1, 0.15) is 5.76 Å². The number of furan rings is 1. The summed E-state index contributed by atoms with van der Waals surface area (Å²) in [5.74, 6) is 0.935. The van der Waals surface area contributed by atoms with Crippen LogP contribution in [0.1, 0.15) is 12.2 Å². The third kappa shape index (κ3) is 0.798. The smallest absolute Gasteiger partial charge is 0.133 e. The highest BCUT2D eigenvalue weighted by Gasteiger charge is 2.02. The summed E-state index contributed by atoms with van der Waals surface area (Å²) in [5, 5.41) is 0. The van der Waals surface area contributed by atoms with E-state index in [-0.39, 0.29) is 0 Å². The Kier molecular flexibility index (Phi) is 1.21. The van der Waals surface area contributed by atoms with Crippen LogP contribution in [0, 0.1) is 6.08 Å². The summed E-state index contributed by atoms with van der Waals surface area (Å²) in [6.07, 6.45) is 9.73. The maximum Gasteiger partial charge on any atom is 0.133 e. The van der Waals surface area contributed by atoms with Gasteiger partial charge in [-0.2, -0.15) is 0 Å². The minimum Gasteiger partial charge on any atom is -0.464 e. The summed E-state index contributed by atoms with van der Waals surface area (Å²) in [7, 11) is 0. The van der Waals surface area contributed by atoms with Gasteiger partial charge in [0.2, 0.25) is 0 Å². The molecule has 49 valence electrons. The molecule has 2 rings (SSSR count). The van der Waals surface area contributed by atoms with Crippen LogP contribution in [-0.4, -0.2) is 0 Å². The van der Waals surface area contributed by atoms with Gasteiger partial charge in [0, 0.05) is 5.57 Å². The molecule has 1 aliphatic rings. The number of hydrogen-bond donors (Lipinski definition) is 0. The van der Waals surface area contributed by atoms with Crippen molar-refractivity contribution in [1.82, 2.24) is 0 Å². The first-order chi connectivity index (χ1) is 4.97. The molecule has 0 amide bonds. The Bertz CT molecular complexity index is 265. The molecule has 1 heterocycles. The lowest BCUT2D eigenvalue weighted by atomic mass is 10.2. The molecule has 0 spiro atoms. The van der Waals surface area contributed by atoms with E-state index < -0.39 is 0 Å². The summed E-state index contributed by atoms with van der Waals surface area (Å²) in [6.45, 7) is 0. The van der Waals surface area contributed by atoms with Gasteiger partial charge in [-0.05, 0) is 30.7 Å². The van der Waals surface area contributed by atoms with Crippen molar-refractivity contribution in [3.05, 3.63) is 42.4 Å². The summed E-state index contributed by atoms with van der Waals surface area (Å²) < 4.78 is 5.18. The third-order valence-corrected chi connectivity index (χ3v) is 1.50. The standard InChI is InChI=1S/C9H7O/c1-2-5-8(4-1)9-6-3-7-10-9/h3-7H,1H2. The molecule has 0 saturated carbocycles. The Morgan fingerprint density at radius 1 is 1.50 bits per heavy atom. The average Bonchev–Trinajstić information content (AvgIpc) is 2.59. The van der Waals surface area contributed by atoms with Gasteiger partial charge >= 0.3 is 0 Å². The first-order valence-electron chi connectivity index (χ1n) is 3.27. The van der Waals surface area contributed by atoms with Crippen molar-refractivity contribution in [2.75, 3.05) is 0 Å². The fraction of sp³-hybridized carbons (Fsp3) is 0.111. The highest BCUT2D eigenvalue weighted by Crippen LogP contribution is 2.20. The SMILES string of the molecule is [C]1=CC(c2ccco2)=CC1. The second-order valence-corrected chi connectivity index (χ2v) is 2.19. The van der Waals surface area contributed by atoms with Crippen LogP contribution in [0.3, 0.4) is 0 Å². The monoisotopic (exact) mass is 131 g/mol. The third-order valence-electron chi connectivity index (χ3n) is 1.50. The Labute approximate surface area is 59.7 Å². The van der Waals surface area contributed by atoms with E-state index >= 15 is 0 Å². The molecule has 1 radical (unpaired) electrons. The molecular weight excluding hydrogens is 124 g/mol. The lowest BCUT2D eigenvalue weighted by Crippen LogP contribution is -1.69. The van der Waals surface area contributed by atoms with Crippen molar-refractivity contribution in [3.8, 4) is 0 Å². The molecule has 0 aromatic carbocycles. The van der Waals surface area contributed by atoms with E-state index in [4.69, 9.17) is 4.42 Å². The molecule has 0 bridgehead atoms. The van der Waals surface area contributed by atoms with Gasteiger partial charge in [0.05, 0.1) is 6.26 Å². The number of allylic oxidation sites excluding steroid dienone is 4. The maximum atomic E-state index is 5.18. The molecule has 0 N–H and O–H groups in total. The minimum absolute atomic E-state index is 0.913. The highest BCUT2D eigenvalue weighted by molar-refractivity contribution is 5.72. The van der Waals surface area contributed by atoms with Gasteiger partial charge in [-0.1, -0.05) is 6.08 Å². The predicted octanol–water partition coefficient (Wildman–Crippen LogP) is 2.43. The number of rotatable bonds is 1. The Morgan fingerprint density at radius 3 is 3.10 bits per heavy atom. The van der Waals surface area contributed by atoms with Gasteiger partial charge in [0.15, 0.2) is 0 Å². The zero-order valence-electron chi connectivity index (χ0n) is 5.50. The normalized spacial score (nSPS) is 15.8. The van der Waals surface area contributed by atoms with Crippen LogP contribution in [0.4, 0.5) is 0 Å². The van der Waals surface area contributed by atoms with Gasteiger partial charge in [-0.25, -0.2) is 0 Å². The summed E-state index contributed by atoms with van der Waals surface area (Å²) in [5.41, 5.74) is 1.14. The largest absolute Gasteiger partial charge is 0.464 e. The highest BCUT2D eigenvalue weighted by atomic mass is 16.3. The quantitative estimate of drug-likeness (QED) is 0.570. The second kappa shape index (κ2) is 2.18. The molecule has 1 aromatic rings. The Hall–Kier alpha value is -1.24. The molecule has 1 aromatic heterocycles. The lowest BCUT2D eigenvalue weighted by Gasteiger charge is -1.89. The van der Waals surface area contributed by atoms with Crippen LogP contribution in [0.15, 0.2) is 35.0 Å². The topological polar surface area (TPSA) is 13.1 Å². The lowest BCUT2D eigenvalue weighted by molar-refractivity contribution is 0.554. The van der Waals surface area contributed by atoms with Gasteiger partial charge in [0.25, 0.3) is 0 Å². The van der Waals surface area contributed by atoms with E-state index in [2.05, 4.69) is 12.2 Å². The minimum atomic E-state index is 0.913. The Morgan fingerprint density at radius 2 is 2.50 bits per heavy atom. The molecule has 0 atom stereocenters. The molecule has 1 heteroatoms. The van der Waals surface area contributed by atoms with Gasteiger partial charge < -0.3 is 4.42 Å². The van der Waals surface area contributed by atoms with E-state index in [9.17, 15) is 0 Å². The van der Waals surface area contributed by atoms with Gasteiger partial charge in [-0.3, -0.25) is 0 Å². The zero-order chi connectivity index (χ0) is 6.81. The van der Waals surface area contributed by atoms with E-state index in [0.29, 0.717) is 0 Å². The fourth-order valence-corrected chi connectivity index (χ4v) is 1.01. The molecule has 0 saturated heterocycles. The fourth-order valence-electron chi connectivity index (χ4n) is 1.01. The molecule has 0 unspecified atom stereocenters. The summed E-state index contributed by atoms with van der Waals surface area (Å²) >= 11 is 0. The van der Waals surface area contributed by atoms with Crippen molar-refractivity contribution in [2.24, 2.45) is 0 Å². The molecule has 0 fully saturated rings. The van der Waals surface area contributed by atoms with Crippen LogP contribution >= 0.6 is 0 Å². The predicted molar refractivity (Wildman–Crippen MR) is 39.1 cm³/mol. The van der Waals surface area contributed by atoms with Crippen LogP contribution in [0.25, 0.3) is 5.57 Å². The second-order valence-electron chi connectivity index (χ2n) is 2.19. The first kappa shape index (κ1) is 5.54. The van der Waals surface area contributed by atoms with Crippen LogP contribution < -0.4 is 0 Å². The van der Waals surface area contributed by atoms with E-state index in [0.717, 1.165) is 17.8 Å². The van der Waals surface area contributed by atoms with Crippen LogP contribution in [0.5, 0.6) is 0 Å². The van der Waals surface area contributed by atoms with Crippen LogP contribution in [-0.2, 0) is 0 Å². The number of hydrogen-bond acceptors (Lipinski definition) is 1. The molecule has 1 aliphatic carbocycles. The van der Waals surface area contributed by atoms with E-state index in [1.165, 1.54) is 0 Å². The van der Waals surface area contributed by atoms with Crippen molar-refractivity contribution in [2.45, 2.75) is 6.42 Å². The summed E-state index contributed by atoms with van der Waals surface area (Å²) in [4.78, 5) is 0. The maximum absolute atomic E-state index is 5.18. The van der Waals surface area contributed by atoms with Gasteiger partial charge in [-0.15, -0.1) is 0 Å².